The quantitative estimate of drug-likeness (QED) is 0.846. The molecule has 1 aliphatic carbocycles. The average molecular weight is 305 g/mol. The van der Waals surface area contributed by atoms with Gasteiger partial charge in [-0.25, -0.2) is 0 Å². The lowest BCUT2D eigenvalue weighted by Crippen LogP contribution is -2.39. The fourth-order valence-electron chi connectivity index (χ4n) is 3.08. The summed E-state index contributed by atoms with van der Waals surface area (Å²) in [6.45, 7) is 0.897. The summed E-state index contributed by atoms with van der Waals surface area (Å²) in [7, 11) is 1.63. The molecule has 0 aliphatic heterocycles. The Hall–Kier alpha value is -1.88. The van der Waals surface area contributed by atoms with Crippen LogP contribution in [0.15, 0.2) is 24.3 Å². The van der Waals surface area contributed by atoms with Crippen LogP contribution in [0.3, 0.4) is 0 Å². The summed E-state index contributed by atoms with van der Waals surface area (Å²) in [6, 6.07) is 7.76. The van der Waals surface area contributed by atoms with Crippen molar-refractivity contribution >= 4 is 11.9 Å². The molecule has 1 aromatic carbocycles. The van der Waals surface area contributed by atoms with E-state index >= 15 is 0 Å². The highest BCUT2D eigenvalue weighted by Gasteiger charge is 2.35. The van der Waals surface area contributed by atoms with Crippen LogP contribution in [0.5, 0.6) is 0 Å². The molecule has 0 unspecified atom stereocenters. The van der Waals surface area contributed by atoms with E-state index in [1.165, 1.54) is 0 Å². The smallest absolute Gasteiger partial charge is 0.307 e. The van der Waals surface area contributed by atoms with Gasteiger partial charge in [-0.15, -0.1) is 0 Å². The average Bonchev–Trinajstić information content (AvgIpc) is 2.54. The van der Waals surface area contributed by atoms with E-state index in [2.05, 4.69) is 5.32 Å². The lowest BCUT2D eigenvalue weighted by Gasteiger charge is -2.27. The Labute approximate surface area is 130 Å². The molecule has 2 rings (SSSR count). The number of carboxylic acids is 1. The first-order chi connectivity index (χ1) is 10.6. The number of rotatable bonds is 6. The highest BCUT2D eigenvalue weighted by Crippen LogP contribution is 2.30. The van der Waals surface area contributed by atoms with Gasteiger partial charge in [0.1, 0.15) is 0 Å². The summed E-state index contributed by atoms with van der Waals surface area (Å²) >= 11 is 0. The van der Waals surface area contributed by atoms with E-state index in [1.54, 1.807) is 7.11 Å². The third kappa shape index (κ3) is 4.07. The van der Waals surface area contributed by atoms with Crippen molar-refractivity contribution in [2.45, 2.75) is 38.8 Å². The molecule has 0 heterocycles. The number of aliphatic carboxylic acids is 1. The molecular weight excluding hydrogens is 282 g/mol. The molecule has 1 aromatic rings. The molecule has 1 amide bonds. The van der Waals surface area contributed by atoms with Gasteiger partial charge in [-0.1, -0.05) is 37.1 Å². The molecule has 5 nitrogen and oxygen atoms in total. The summed E-state index contributed by atoms with van der Waals surface area (Å²) in [6.07, 6.45) is 3.05. The van der Waals surface area contributed by atoms with Gasteiger partial charge < -0.3 is 15.2 Å². The largest absolute Gasteiger partial charge is 0.481 e. The van der Waals surface area contributed by atoms with Crippen molar-refractivity contribution < 1.29 is 19.4 Å². The van der Waals surface area contributed by atoms with E-state index in [0.717, 1.165) is 24.0 Å². The van der Waals surface area contributed by atoms with Gasteiger partial charge in [0.05, 0.1) is 18.4 Å². The molecule has 0 bridgehead atoms. The Kier molecular flexibility index (Phi) is 5.95. The predicted octanol–water partition coefficient (Wildman–Crippen LogP) is 2.34. The highest BCUT2D eigenvalue weighted by molar-refractivity contribution is 5.84. The van der Waals surface area contributed by atoms with Crippen molar-refractivity contribution in [3.8, 4) is 0 Å². The van der Waals surface area contributed by atoms with Gasteiger partial charge in [0.2, 0.25) is 5.91 Å². The minimum absolute atomic E-state index is 0.153. The van der Waals surface area contributed by atoms with Crippen molar-refractivity contribution in [3.63, 3.8) is 0 Å². The maximum Gasteiger partial charge on any atom is 0.307 e. The molecule has 2 atom stereocenters. The second-order valence-electron chi connectivity index (χ2n) is 5.76. The van der Waals surface area contributed by atoms with Crippen LogP contribution < -0.4 is 5.32 Å². The first kappa shape index (κ1) is 16.5. The first-order valence-corrected chi connectivity index (χ1v) is 7.69. The molecule has 1 saturated carbocycles. The fraction of sp³-hybridized carbons (Fsp3) is 0.529. The number of hydrogen-bond acceptors (Lipinski definition) is 3. The minimum Gasteiger partial charge on any atom is -0.481 e. The standard InChI is InChI=1S/C17H23NO4/c1-22-11-13-7-3-2-6-12(13)10-18-16(19)14-8-4-5-9-15(14)17(20)21/h2-3,6-7,14-15H,4-5,8-11H2,1H3,(H,18,19)(H,20,21)/t14-,15-/m1/s1. The normalized spacial score (nSPS) is 21.3. The van der Waals surface area contributed by atoms with Crippen LogP contribution in [0, 0.1) is 11.8 Å². The Balaban J connectivity index is 1.98. The van der Waals surface area contributed by atoms with Gasteiger partial charge in [-0.3, -0.25) is 9.59 Å². The SMILES string of the molecule is COCc1ccccc1CNC(=O)[C@@H]1CCCC[C@H]1C(=O)O. The van der Waals surface area contributed by atoms with Crippen LogP contribution in [0.1, 0.15) is 36.8 Å². The maximum atomic E-state index is 12.3. The molecule has 120 valence electrons. The monoisotopic (exact) mass is 305 g/mol. The van der Waals surface area contributed by atoms with E-state index in [1.807, 2.05) is 24.3 Å². The van der Waals surface area contributed by atoms with Gasteiger partial charge in [-0.2, -0.15) is 0 Å². The third-order valence-electron chi connectivity index (χ3n) is 4.29. The predicted molar refractivity (Wildman–Crippen MR) is 82.1 cm³/mol. The molecule has 5 heteroatoms. The molecule has 1 aliphatic rings. The summed E-state index contributed by atoms with van der Waals surface area (Å²) in [5, 5.41) is 12.2. The molecule has 2 N–H and O–H groups in total. The summed E-state index contributed by atoms with van der Waals surface area (Å²) in [4.78, 5) is 23.6. The molecule has 0 spiro atoms. The van der Waals surface area contributed by atoms with Gasteiger partial charge in [0, 0.05) is 13.7 Å². The van der Waals surface area contributed by atoms with Crippen molar-refractivity contribution in [2.75, 3.05) is 7.11 Å². The van der Waals surface area contributed by atoms with Crippen LogP contribution in [0.25, 0.3) is 0 Å². The fourth-order valence-corrected chi connectivity index (χ4v) is 3.08. The zero-order chi connectivity index (χ0) is 15.9. The third-order valence-corrected chi connectivity index (χ3v) is 4.29. The molecule has 22 heavy (non-hydrogen) atoms. The van der Waals surface area contributed by atoms with Crippen LogP contribution in [0.2, 0.25) is 0 Å². The molecule has 0 radical (unpaired) electrons. The number of benzene rings is 1. The van der Waals surface area contributed by atoms with Crippen LogP contribution >= 0.6 is 0 Å². The van der Waals surface area contributed by atoms with Gasteiger partial charge in [0.15, 0.2) is 0 Å². The van der Waals surface area contributed by atoms with E-state index in [-0.39, 0.29) is 5.91 Å². The van der Waals surface area contributed by atoms with E-state index in [9.17, 15) is 14.7 Å². The Morgan fingerprint density at radius 3 is 2.45 bits per heavy atom. The second kappa shape index (κ2) is 7.94. The number of methoxy groups -OCH3 is 1. The molecular formula is C17H23NO4. The zero-order valence-corrected chi connectivity index (χ0v) is 12.9. The van der Waals surface area contributed by atoms with Gasteiger partial charge in [-0.05, 0) is 24.0 Å². The summed E-state index contributed by atoms with van der Waals surface area (Å²) < 4.78 is 5.15. The van der Waals surface area contributed by atoms with E-state index in [0.29, 0.717) is 26.0 Å². The topological polar surface area (TPSA) is 75.6 Å². The second-order valence-corrected chi connectivity index (χ2v) is 5.76. The number of amides is 1. The van der Waals surface area contributed by atoms with Gasteiger partial charge >= 0.3 is 5.97 Å². The molecule has 0 aromatic heterocycles. The summed E-state index contributed by atoms with van der Waals surface area (Å²) in [5.74, 6) is -1.98. The van der Waals surface area contributed by atoms with Crippen molar-refractivity contribution in [1.82, 2.24) is 5.32 Å². The van der Waals surface area contributed by atoms with Crippen LogP contribution in [-0.2, 0) is 27.5 Å². The van der Waals surface area contributed by atoms with Gasteiger partial charge in [0.25, 0.3) is 0 Å². The number of nitrogens with one attached hydrogen (secondary N) is 1. The van der Waals surface area contributed by atoms with Crippen molar-refractivity contribution in [1.29, 1.82) is 0 Å². The number of carbonyl (C=O) groups is 2. The van der Waals surface area contributed by atoms with E-state index < -0.39 is 17.8 Å². The number of carboxylic acid groups (broad SMARTS) is 1. The van der Waals surface area contributed by atoms with E-state index in [4.69, 9.17) is 4.74 Å². The molecule has 0 saturated heterocycles. The first-order valence-electron chi connectivity index (χ1n) is 7.69. The van der Waals surface area contributed by atoms with Crippen molar-refractivity contribution in [3.05, 3.63) is 35.4 Å². The zero-order valence-electron chi connectivity index (χ0n) is 12.9. The van der Waals surface area contributed by atoms with Crippen molar-refractivity contribution in [2.24, 2.45) is 11.8 Å². The Bertz CT molecular complexity index is 529. The van der Waals surface area contributed by atoms with Crippen LogP contribution in [0.4, 0.5) is 0 Å². The lowest BCUT2D eigenvalue weighted by molar-refractivity contribution is -0.148. The Morgan fingerprint density at radius 1 is 1.18 bits per heavy atom. The summed E-state index contributed by atoms with van der Waals surface area (Å²) in [5.41, 5.74) is 2.03. The lowest BCUT2D eigenvalue weighted by atomic mass is 9.78. The molecule has 1 fully saturated rings. The number of hydrogen-bond donors (Lipinski definition) is 2. The highest BCUT2D eigenvalue weighted by atomic mass is 16.5. The maximum absolute atomic E-state index is 12.3. The Morgan fingerprint density at radius 2 is 1.82 bits per heavy atom. The van der Waals surface area contributed by atoms with Crippen LogP contribution in [-0.4, -0.2) is 24.1 Å². The minimum atomic E-state index is -0.861. The number of carbonyl (C=O) groups excluding carboxylic acids is 1. The number of ether oxygens (including phenoxy) is 1.